The van der Waals surface area contributed by atoms with Crippen LogP contribution in [0.3, 0.4) is 0 Å². The first-order chi connectivity index (χ1) is 12.6. The van der Waals surface area contributed by atoms with E-state index >= 15 is 0 Å². The van der Waals surface area contributed by atoms with Gasteiger partial charge in [-0.25, -0.2) is 4.98 Å². The monoisotopic (exact) mass is 346 g/mol. The van der Waals surface area contributed by atoms with E-state index in [1.807, 2.05) is 49.4 Å². The number of aromatic nitrogens is 1. The maximum absolute atomic E-state index is 13.2. The van der Waals surface area contributed by atoms with E-state index in [9.17, 15) is 4.79 Å². The highest BCUT2D eigenvalue weighted by Gasteiger charge is 2.19. The number of hydrogen-bond donors (Lipinski definition) is 0. The van der Waals surface area contributed by atoms with Gasteiger partial charge in [0.15, 0.2) is 5.76 Å². The SMILES string of the molecule is Cc1occc1CN(C)C(=O)c1cc(-c2ccco2)nc2ccccc12. The summed E-state index contributed by atoms with van der Waals surface area (Å²) in [6, 6.07) is 15.0. The van der Waals surface area contributed by atoms with Crippen molar-refractivity contribution < 1.29 is 13.6 Å². The number of aryl methyl sites for hydroxylation is 1. The Kier molecular flexibility index (Phi) is 4.05. The smallest absolute Gasteiger partial charge is 0.254 e. The summed E-state index contributed by atoms with van der Waals surface area (Å²) in [5.41, 5.74) is 3.00. The number of nitrogens with zero attached hydrogens (tertiary/aromatic N) is 2. The van der Waals surface area contributed by atoms with Crippen molar-refractivity contribution in [3.8, 4) is 11.5 Å². The number of rotatable bonds is 4. The molecule has 0 bridgehead atoms. The highest BCUT2D eigenvalue weighted by Crippen LogP contribution is 2.26. The summed E-state index contributed by atoms with van der Waals surface area (Å²) in [6.07, 6.45) is 3.24. The molecule has 4 rings (SSSR count). The van der Waals surface area contributed by atoms with Crippen LogP contribution in [0.2, 0.25) is 0 Å². The lowest BCUT2D eigenvalue weighted by Gasteiger charge is -2.18. The molecule has 0 aliphatic carbocycles. The Morgan fingerprint density at radius 3 is 2.65 bits per heavy atom. The molecule has 0 aliphatic heterocycles. The Labute approximate surface area is 150 Å². The second-order valence-electron chi connectivity index (χ2n) is 6.21. The molecule has 0 saturated heterocycles. The van der Waals surface area contributed by atoms with Crippen LogP contribution in [0.15, 0.2) is 69.9 Å². The van der Waals surface area contributed by atoms with Gasteiger partial charge in [-0.3, -0.25) is 4.79 Å². The fourth-order valence-electron chi connectivity index (χ4n) is 3.01. The number of furan rings is 2. The zero-order valence-electron chi connectivity index (χ0n) is 14.6. The molecular weight excluding hydrogens is 328 g/mol. The van der Waals surface area contributed by atoms with Crippen LogP contribution in [0.5, 0.6) is 0 Å². The predicted molar refractivity (Wildman–Crippen MR) is 98.7 cm³/mol. The first-order valence-electron chi connectivity index (χ1n) is 8.35. The van der Waals surface area contributed by atoms with Gasteiger partial charge in [0.05, 0.1) is 23.6 Å². The van der Waals surface area contributed by atoms with Crippen molar-refractivity contribution in [2.24, 2.45) is 0 Å². The summed E-state index contributed by atoms with van der Waals surface area (Å²) in [5.74, 6) is 1.38. The second kappa shape index (κ2) is 6.52. The number of para-hydroxylation sites is 1. The summed E-state index contributed by atoms with van der Waals surface area (Å²) < 4.78 is 10.8. The Morgan fingerprint density at radius 1 is 1.08 bits per heavy atom. The van der Waals surface area contributed by atoms with E-state index in [1.165, 1.54) is 0 Å². The summed E-state index contributed by atoms with van der Waals surface area (Å²) in [7, 11) is 1.79. The lowest BCUT2D eigenvalue weighted by molar-refractivity contribution is 0.0786. The van der Waals surface area contributed by atoms with E-state index < -0.39 is 0 Å². The fraction of sp³-hybridized carbons (Fsp3) is 0.143. The summed E-state index contributed by atoms with van der Waals surface area (Å²) in [4.78, 5) is 19.5. The van der Waals surface area contributed by atoms with E-state index in [0.717, 1.165) is 22.2 Å². The van der Waals surface area contributed by atoms with Gasteiger partial charge in [0.25, 0.3) is 5.91 Å². The largest absolute Gasteiger partial charge is 0.469 e. The van der Waals surface area contributed by atoms with Gasteiger partial charge in [-0.2, -0.15) is 0 Å². The number of carbonyl (C=O) groups is 1. The average Bonchev–Trinajstić information content (AvgIpc) is 3.32. The number of benzene rings is 1. The Balaban J connectivity index is 1.76. The van der Waals surface area contributed by atoms with E-state index in [-0.39, 0.29) is 5.91 Å². The van der Waals surface area contributed by atoms with Gasteiger partial charge in [-0.15, -0.1) is 0 Å². The van der Waals surface area contributed by atoms with Crippen LogP contribution in [-0.4, -0.2) is 22.8 Å². The number of hydrogen-bond acceptors (Lipinski definition) is 4. The molecule has 0 unspecified atom stereocenters. The lowest BCUT2D eigenvalue weighted by Crippen LogP contribution is -2.26. The standard InChI is InChI=1S/C21H18N2O3/c1-14-15(9-11-25-14)13-23(2)21(24)17-12-19(20-8-5-10-26-20)22-18-7-4-3-6-16(17)18/h3-12H,13H2,1-2H3. The maximum Gasteiger partial charge on any atom is 0.254 e. The highest BCUT2D eigenvalue weighted by atomic mass is 16.3. The zero-order valence-corrected chi connectivity index (χ0v) is 14.6. The lowest BCUT2D eigenvalue weighted by atomic mass is 10.1. The second-order valence-corrected chi connectivity index (χ2v) is 6.21. The third kappa shape index (κ3) is 2.88. The van der Waals surface area contributed by atoms with Crippen molar-refractivity contribution in [1.29, 1.82) is 0 Å². The molecule has 5 nitrogen and oxygen atoms in total. The molecule has 0 atom stereocenters. The third-order valence-electron chi connectivity index (χ3n) is 4.44. The molecule has 3 aromatic heterocycles. The van der Waals surface area contributed by atoms with E-state index in [4.69, 9.17) is 8.83 Å². The minimum absolute atomic E-state index is 0.0722. The number of fused-ring (bicyclic) bond motifs is 1. The Hall–Kier alpha value is -3.34. The Morgan fingerprint density at radius 2 is 1.92 bits per heavy atom. The summed E-state index contributed by atoms with van der Waals surface area (Å²) >= 11 is 0. The molecule has 0 N–H and O–H groups in total. The summed E-state index contributed by atoms with van der Waals surface area (Å²) in [6.45, 7) is 2.37. The van der Waals surface area contributed by atoms with Crippen molar-refractivity contribution in [3.05, 3.63) is 77.9 Å². The van der Waals surface area contributed by atoms with Crippen molar-refractivity contribution >= 4 is 16.8 Å². The molecule has 0 spiro atoms. The van der Waals surface area contributed by atoms with Crippen molar-refractivity contribution in [1.82, 2.24) is 9.88 Å². The van der Waals surface area contributed by atoms with Crippen LogP contribution in [0, 0.1) is 6.92 Å². The average molecular weight is 346 g/mol. The molecule has 5 heteroatoms. The first kappa shape index (κ1) is 16.1. The van der Waals surface area contributed by atoms with Crippen LogP contribution >= 0.6 is 0 Å². The number of pyridine rings is 1. The van der Waals surface area contributed by atoms with E-state index in [1.54, 1.807) is 30.5 Å². The molecule has 26 heavy (non-hydrogen) atoms. The van der Waals surface area contributed by atoms with Gasteiger partial charge in [-0.1, -0.05) is 18.2 Å². The van der Waals surface area contributed by atoms with Crippen molar-refractivity contribution in [2.75, 3.05) is 7.05 Å². The highest BCUT2D eigenvalue weighted by molar-refractivity contribution is 6.07. The molecule has 130 valence electrons. The minimum Gasteiger partial charge on any atom is -0.469 e. The Bertz CT molecular complexity index is 1060. The van der Waals surface area contributed by atoms with Gasteiger partial charge in [0, 0.05) is 24.5 Å². The number of amides is 1. The van der Waals surface area contributed by atoms with E-state index in [2.05, 4.69) is 4.98 Å². The van der Waals surface area contributed by atoms with Gasteiger partial charge in [0.2, 0.25) is 0 Å². The molecule has 0 saturated carbocycles. The summed E-state index contributed by atoms with van der Waals surface area (Å²) in [5, 5.41) is 0.823. The van der Waals surface area contributed by atoms with E-state index in [0.29, 0.717) is 23.6 Å². The fourth-order valence-corrected chi connectivity index (χ4v) is 3.01. The molecule has 4 aromatic rings. The molecule has 0 aliphatic rings. The normalized spacial score (nSPS) is 11.0. The quantitative estimate of drug-likeness (QED) is 0.539. The molecule has 0 fully saturated rings. The van der Waals surface area contributed by atoms with Gasteiger partial charge in [0.1, 0.15) is 11.5 Å². The molecule has 3 heterocycles. The van der Waals surface area contributed by atoms with Crippen molar-refractivity contribution in [2.45, 2.75) is 13.5 Å². The third-order valence-corrected chi connectivity index (χ3v) is 4.44. The predicted octanol–water partition coefficient (Wildman–Crippen LogP) is 4.67. The topological polar surface area (TPSA) is 59.5 Å². The molecule has 1 aromatic carbocycles. The van der Waals surface area contributed by atoms with Crippen LogP contribution in [0.4, 0.5) is 0 Å². The van der Waals surface area contributed by atoms with Gasteiger partial charge in [-0.05, 0) is 37.3 Å². The van der Waals surface area contributed by atoms with Crippen LogP contribution in [0.25, 0.3) is 22.4 Å². The molecule has 0 radical (unpaired) electrons. The zero-order chi connectivity index (χ0) is 18.1. The van der Waals surface area contributed by atoms with Gasteiger partial charge < -0.3 is 13.7 Å². The maximum atomic E-state index is 13.2. The van der Waals surface area contributed by atoms with Crippen molar-refractivity contribution in [3.63, 3.8) is 0 Å². The minimum atomic E-state index is -0.0722. The van der Waals surface area contributed by atoms with Crippen LogP contribution in [0.1, 0.15) is 21.7 Å². The number of carbonyl (C=O) groups excluding carboxylic acids is 1. The van der Waals surface area contributed by atoms with Gasteiger partial charge >= 0.3 is 0 Å². The molecule has 1 amide bonds. The van der Waals surface area contributed by atoms with Crippen LogP contribution in [-0.2, 0) is 6.54 Å². The first-order valence-corrected chi connectivity index (χ1v) is 8.35. The van der Waals surface area contributed by atoms with Crippen LogP contribution < -0.4 is 0 Å². The molecular formula is C21H18N2O3.